The van der Waals surface area contributed by atoms with Gasteiger partial charge in [0.15, 0.2) is 0 Å². The maximum Gasteiger partial charge on any atom is 0.266 e. The van der Waals surface area contributed by atoms with Crippen LogP contribution in [0.5, 0.6) is 0 Å². The number of pyridine rings is 1. The minimum atomic E-state index is 0.0800. The summed E-state index contributed by atoms with van der Waals surface area (Å²) in [6.07, 6.45) is 3.35. The summed E-state index contributed by atoms with van der Waals surface area (Å²) in [5, 5.41) is 12.8. The van der Waals surface area contributed by atoms with Crippen LogP contribution >= 0.6 is 0 Å². The molecule has 0 unspecified atom stereocenters. The van der Waals surface area contributed by atoms with E-state index in [9.17, 15) is 4.79 Å². The summed E-state index contributed by atoms with van der Waals surface area (Å²) in [7, 11) is 0. The molecule has 1 aliphatic heterocycles. The van der Waals surface area contributed by atoms with Crippen molar-refractivity contribution in [3.63, 3.8) is 0 Å². The number of likely N-dealkylation sites (tertiary alicyclic amines) is 1. The number of piperidine rings is 1. The fraction of sp³-hybridized carbons (Fsp3) is 0.185. The summed E-state index contributed by atoms with van der Waals surface area (Å²) in [4.78, 5) is 19.6. The van der Waals surface area contributed by atoms with Crippen molar-refractivity contribution in [2.24, 2.45) is 0 Å². The van der Waals surface area contributed by atoms with E-state index in [0.29, 0.717) is 30.6 Å². The fourth-order valence-electron chi connectivity index (χ4n) is 4.70. The van der Waals surface area contributed by atoms with Crippen LogP contribution in [0.3, 0.4) is 0 Å². The molecule has 0 aliphatic carbocycles. The molecule has 0 bridgehead atoms. The summed E-state index contributed by atoms with van der Waals surface area (Å²) in [6.45, 7) is 1.33. The van der Waals surface area contributed by atoms with Crippen LogP contribution in [0.1, 0.15) is 35.0 Å². The maximum atomic E-state index is 13.2. The minimum absolute atomic E-state index is 0.0800. The Hall–Kier alpha value is -4.06. The van der Waals surface area contributed by atoms with Crippen molar-refractivity contribution in [3.05, 3.63) is 90.4 Å². The monoisotopic (exact) mass is 434 g/mol. The van der Waals surface area contributed by atoms with Gasteiger partial charge in [0, 0.05) is 36.2 Å². The number of hydrogen-bond acceptors (Lipinski definition) is 5. The standard InChI is InChI=1S/C27H22N4O2/c32-27(23-11-5-8-18-6-1-3-9-21(18)23)31-16-13-20(14-17-31)25-29-30-26(33-25)24-22-10-4-2-7-19(22)12-15-28-24/h1-12,15,20H,13-14,16-17H2. The average Bonchev–Trinajstić information content (AvgIpc) is 3.38. The first-order valence-corrected chi connectivity index (χ1v) is 11.2. The highest BCUT2D eigenvalue weighted by Gasteiger charge is 2.29. The zero-order valence-electron chi connectivity index (χ0n) is 18.0. The Labute approximate surface area is 190 Å². The van der Waals surface area contributed by atoms with Gasteiger partial charge in [0.1, 0.15) is 5.69 Å². The van der Waals surface area contributed by atoms with Crippen molar-refractivity contribution >= 4 is 27.5 Å². The zero-order valence-corrected chi connectivity index (χ0v) is 18.0. The van der Waals surface area contributed by atoms with E-state index in [1.165, 1.54) is 0 Å². The molecule has 0 spiro atoms. The third kappa shape index (κ3) is 3.53. The van der Waals surface area contributed by atoms with Crippen LogP contribution in [-0.4, -0.2) is 39.1 Å². The van der Waals surface area contributed by atoms with E-state index in [1.54, 1.807) is 6.20 Å². The van der Waals surface area contributed by atoms with Gasteiger partial charge in [-0.3, -0.25) is 9.78 Å². The Kier molecular flexibility index (Phi) is 4.83. The van der Waals surface area contributed by atoms with Gasteiger partial charge in [-0.1, -0.05) is 60.7 Å². The predicted molar refractivity (Wildman–Crippen MR) is 127 cm³/mol. The summed E-state index contributed by atoms with van der Waals surface area (Å²) in [5.41, 5.74) is 1.46. The first-order valence-electron chi connectivity index (χ1n) is 11.2. The Morgan fingerprint density at radius 3 is 2.33 bits per heavy atom. The molecule has 3 aromatic carbocycles. The second-order valence-corrected chi connectivity index (χ2v) is 8.42. The molecule has 0 atom stereocenters. The van der Waals surface area contributed by atoms with Gasteiger partial charge >= 0.3 is 0 Å². The first kappa shape index (κ1) is 19.6. The normalized spacial score (nSPS) is 14.7. The molecule has 6 heteroatoms. The molecule has 2 aromatic heterocycles. The molecule has 1 fully saturated rings. The van der Waals surface area contributed by atoms with Crippen molar-refractivity contribution in [1.29, 1.82) is 0 Å². The number of amides is 1. The van der Waals surface area contributed by atoms with Crippen molar-refractivity contribution in [3.8, 4) is 11.6 Å². The average molecular weight is 434 g/mol. The number of benzene rings is 3. The Balaban J connectivity index is 1.19. The van der Waals surface area contributed by atoms with Crippen molar-refractivity contribution in [1.82, 2.24) is 20.1 Å². The molecule has 1 aliphatic rings. The van der Waals surface area contributed by atoms with Crippen LogP contribution in [0.15, 0.2) is 83.4 Å². The van der Waals surface area contributed by atoms with E-state index in [4.69, 9.17) is 4.42 Å². The smallest absolute Gasteiger partial charge is 0.266 e. The summed E-state index contributed by atoms with van der Waals surface area (Å²) in [6, 6.07) is 23.9. The van der Waals surface area contributed by atoms with Crippen LogP contribution < -0.4 is 0 Å². The Bertz CT molecular complexity index is 1460. The molecular formula is C27H22N4O2. The molecule has 0 radical (unpaired) electrons. The molecule has 3 heterocycles. The van der Waals surface area contributed by atoms with Crippen molar-refractivity contribution in [2.45, 2.75) is 18.8 Å². The number of fused-ring (bicyclic) bond motifs is 2. The van der Waals surface area contributed by atoms with Gasteiger partial charge in [0.2, 0.25) is 5.89 Å². The van der Waals surface area contributed by atoms with E-state index in [1.807, 2.05) is 77.7 Å². The number of aromatic nitrogens is 3. The molecule has 5 aromatic rings. The van der Waals surface area contributed by atoms with Gasteiger partial charge in [-0.15, -0.1) is 10.2 Å². The summed E-state index contributed by atoms with van der Waals surface area (Å²) >= 11 is 0. The molecular weight excluding hydrogens is 412 g/mol. The van der Waals surface area contributed by atoms with Crippen molar-refractivity contribution in [2.75, 3.05) is 13.1 Å². The van der Waals surface area contributed by atoms with E-state index < -0.39 is 0 Å². The van der Waals surface area contributed by atoms with Crippen LogP contribution in [0.25, 0.3) is 33.1 Å². The minimum Gasteiger partial charge on any atom is -0.419 e. The van der Waals surface area contributed by atoms with E-state index in [2.05, 4.69) is 15.2 Å². The lowest BCUT2D eigenvalue weighted by atomic mass is 9.95. The van der Waals surface area contributed by atoms with Gasteiger partial charge in [-0.25, -0.2) is 0 Å². The number of rotatable bonds is 3. The Morgan fingerprint density at radius 2 is 1.52 bits per heavy atom. The summed E-state index contributed by atoms with van der Waals surface area (Å²) in [5.74, 6) is 1.28. The highest BCUT2D eigenvalue weighted by Crippen LogP contribution is 2.32. The van der Waals surface area contributed by atoms with Crippen LogP contribution in [0.4, 0.5) is 0 Å². The molecule has 162 valence electrons. The largest absolute Gasteiger partial charge is 0.419 e. The van der Waals surface area contributed by atoms with Gasteiger partial charge in [-0.2, -0.15) is 0 Å². The van der Waals surface area contributed by atoms with Crippen LogP contribution in [0, 0.1) is 0 Å². The lowest BCUT2D eigenvalue weighted by molar-refractivity contribution is 0.0708. The molecule has 6 nitrogen and oxygen atoms in total. The van der Waals surface area contributed by atoms with Crippen molar-refractivity contribution < 1.29 is 9.21 Å². The molecule has 1 saturated heterocycles. The molecule has 0 N–H and O–H groups in total. The zero-order chi connectivity index (χ0) is 22.2. The topological polar surface area (TPSA) is 72.1 Å². The van der Waals surface area contributed by atoms with E-state index in [-0.39, 0.29) is 11.8 Å². The third-order valence-electron chi connectivity index (χ3n) is 6.47. The second-order valence-electron chi connectivity index (χ2n) is 8.42. The van der Waals surface area contributed by atoms with E-state index >= 15 is 0 Å². The van der Waals surface area contributed by atoms with Gasteiger partial charge in [0.25, 0.3) is 11.8 Å². The number of nitrogens with zero attached hydrogens (tertiary/aromatic N) is 4. The maximum absolute atomic E-state index is 13.2. The van der Waals surface area contributed by atoms with Crippen LogP contribution in [-0.2, 0) is 0 Å². The van der Waals surface area contributed by atoms with Gasteiger partial charge < -0.3 is 9.32 Å². The number of hydrogen-bond donors (Lipinski definition) is 0. The molecule has 0 saturated carbocycles. The summed E-state index contributed by atoms with van der Waals surface area (Å²) < 4.78 is 6.07. The molecule has 1 amide bonds. The van der Waals surface area contributed by atoms with E-state index in [0.717, 1.165) is 39.9 Å². The number of carbonyl (C=O) groups is 1. The molecule has 6 rings (SSSR count). The van der Waals surface area contributed by atoms with Crippen LogP contribution in [0.2, 0.25) is 0 Å². The quantitative estimate of drug-likeness (QED) is 0.377. The Morgan fingerprint density at radius 1 is 0.818 bits per heavy atom. The van der Waals surface area contributed by atoms with Gasteiger partial charge in [0.05, 0.1) is 0 Å². The third-order valence-corrected chi connectivity index (χ3v) is 6.47. The lowest BCUT2D eigenvalue weighted by Gasteiger charge is -2.30. The predicted octanol–water partition coefficient (Wildman–Crippen LogP) is 5.46. The first-order chi connectivity index (χ1) is 16.3. The number of carbonyl (C=O) groups excluding carboxylic acids is 1. The highest BCUT2D eigenvalue weighted by molar-refractivity contribution is 6.07. The highest BCUT2D eigenvalue weighted by atomic mass is 16.4. The van der Waals surface area contributed by atoms with Gasteiger partial charge in [-0.05, 0) is 41.1 Å². The second kappa shape index (κ2) is 8.13. The SMILES string of the molecule is O=C(c1cccc2ccccc12)N1CCC(c2nnc(-c3nccc4ccccc34)o2)CC1. The molecule has 33 heavy (non-hydrogen) atoms. The fourth-order valence-corrected chi connectivity index (χ4v) is 4.70. The lowest BCUT2D eigenvalue weighted by Crippen LogP contribution is -2.38.